The van der Waals surface area contributed by atoms with E-state index in [2.05, 4.69) is 4.74 Å². The van der Waals surface area contributed by atoms with Gasteiger partial charge in [0, 0.05) is 0 Å². The fraction of sp³-hybridized carbons (Fsp3) is 0.167. The van der Waals surface area contributed by atoms with E-state index in [1.54, 1.807) is 11.4 Å². The second-order valence-electron chi connectivity index (χ2n) is 1.77. The van der Waals surface area contributed by atoms with Crippen molar-refractivity contribution in [1.29, 1.82) is 0 Å². The van der Waals surface area contributed by atoms with Gasteiger partial charge in [-0.15, -0.1) is 11.3 Å². The van der Waals surface area contributed by atoms with Gasteiger partial charge in [-0.25, -0.2) is 4.79 Å². The predicted molar refractivity (Wildman–Crippen MR) is 41.1 cm³/mol. The fourth-order valence-electron chi connectivity index (χ4n) is 0.648. The van der Waals surface area contributed by atoms with Crippen molar-refractivity contribution in [3.05, 3.63) is 16.3 Å². The summed E-state index contributed by atoms with van der Waals surface area (Å²) in [5.41, 5.74) is 2.28. The van der Waals surface area contributed by atoms with Crippen LogP contribution in [-0.2, 0) is 4.74 Å². The number of nitrogens with one attached hydrogen (secondary N) is 1. The van der Waals surface area contributed by atoms with Gasteiger partial charge in [-0.1, -0.05) is 0 Å². The Bertz CT molecular complexity index is 258. The molecule has 1 heterocycles. The van der Waals surface area contributed by atoms with Crippen LogP contribution in [0.4, 0.5) is 5.69 Å². The van der Waals surface area contributed by atoms with E-state index < -0.39 is 5.97 Å². The number of ether oxygens (including phenoxy) is 1. The van der Waals surface area contributed by atoms with Crippen LogP contribution in [-0.4, -0.2) is 18.3 Å². The zero-order valence-corrected chi connectivity index (χ0v) is 6.64. The maximum Gasteiger partial charge on any atom is 0.350 e. The summed E-state index contributed by atoms with van der Waals surface area (Å²) in [4.78, 5) is 11.3. The maximum absolute atomic E-state index is 10.9. The quantitative estimate of drug-likeness (QED) is 0.523. The third-order valence-corrected chi connectivity index (χ3v) is 2.05. The number of carbonyl (C=O) groups is 1. The van der Waals surface area contributed by atoms with Crippen molar-refractivity contribution < 1.29 is 14.7 Å². The van der Waals surface area contributed by atoms with Gasteiger partial charge in [-0.3, -0.25) is 10.7 Å². The Labute approximate surface area is 67.4 Å². The third-order valence-electron chi connectivity index (χ3n) is 1.16. The van der Waals surface area contributed by atoms with Gasteiger partial charge in [0.15, 0.2) is 0 Å². The molecule has 0 saturated heterocycles. The standard InChI is InChI=1S/C6H7NO3S/c1-10-6(8)5-4(7-9)2-3-11-5/h2-3,7,9H,1H3. The number of thiophene rings is 1. The number of esters is 1. The normalized spacial score (nSPS) is 9.27. The molecule has 0 aromatic carbocycles. The molecule has 4 nitrogen and oxygen atoms in total. The molecule has 0 aliphatic heterocycles. The molecule has 0 aliphatic rings. The lowest BCUT2D eigenvalue weighted by Crippen LogP contribution is -2.01. The predicted octanol–water partition coefficient (Wildman–Crippen LogP) is 1.34. The van der Waals surface area contributed by atoms with Crippen LogP contribution in [0.1, 0.15) is 9.67 Å². The highest BCUT2D eigenvalue weighted by atomic mass is 32.1. The third kappa shape index (κ3) is 1.50. The molecule has 0 atom stereocenters. The molecule has 0 unspecified atom stereocenters. The highest BCUT2D eigenvalue weighted by Gasteiger charge is 2.11. The lowest BCUT2D eigenvalue weighted by molar-refractivity contribution is 0.0606. The molecule has 11 heavy (non-hydrogen) atoms. The van der Waals surface area contributed by atoms with Crippen LogP contribution in [0.25, 0.3) is 0 Å². The van der Waals surface area contributed by atoms with E-state index >= 15 is 0 Å². The largest absolute Gasteiger partial charge is 0.465 e. The molecule has 60 valence electrons. The molecule has 0 spiro atoms. The molecule has 0 fully saturated rings. The molecule has 2 N–H and O–H groups in total. The number of hydrogen-bond acceptors (Lipinski definition) is 5. The van der Waals surface area contributed by atoms with Crippen molar-refractivity contribution in [2.24, 2.45) is 0 Å². The maximum atomic E-state index is 10.9. The molecule has 0 amide bonds. The minimum atomic E-state index is -0.448. The summed E-state index contributed by atoms with van der Waals surface area (Å²) < 4.78 is 4.46. The van der Waals surface area contributed by atoms with Gasteiger partial charge in [0.2, 0.25) is 0 Å². The first-order chi connectivity index (χ1) is 5.29. The van der Waals surface area contributed by atoms with Crippen LogP contribution in [0.5, 0.6) is 0 Å². The molecule has 1 aromatic rings. The molecule has 0 radical (unpaired) electrons. The molecule has 5 heteroatoms. The molecule has 0 saturated carbocycles. The van der Waals surface area contributed by atoms with Gasteiger partial charge in [-0.05, 0) is 11.4 Å². The fourth-order valence-corrected chi connectivity index (χ4v) is 1.41. The number of hydrogen-bond donors (Lipinski definition) is 2. The lowest BCUT2D eigenvalue weighted by atomic mass is 10.4. The van der Waals surface area contributed by atoms with Gasteiger partial charge in [0.25, 0.3) is 0 Å². The second kappa shape index (κ2) is 3.36. The number of rotatable bonds is 2. The minimum Gasteiger partial charge on any atom is -0.465 e. The summed E-state index contributed by atoms with van der Waals surface area (Å²) in [5, 5.41) is 10.2. The van der Waals surface area contributed by atoms with E-state index in [4.69, 9.17) is 5.21 Å². The summed E-state index contributed by atoms with van der Waals surface area (Å²) in [7, 11) is 1.29. The molecule has 1 rings (SSSR count). The van der Waals surface area contributed by atoms with Crippen LogP contribution >= 0.6 is 11.3 Å². The van der Waals surface area contributed by atoms with Crippen molar-refractivity contribution in [2.75, 3.05) is 12.6 Å². The summed E-state index contributed by atoms with van der Waals surface area (Å²) in [6.07, 6.45) is 0. The Kier molecular flexibility index (Phi) is 2.45. The average molecular weight is 173 g/mol. The molecule has 0 bridgehead atoms. The van der Waals surface area contributed by atoms with Gasteiger partial charge in [0.1, 0.15) is 4.88 Å². The van der Waals surface area contributed by atoms with E-state index in [9.17, 15) is 4.79 Å². The molecule has 0 aliphatic carbocycles. The van der Waals surface area contributed by atoms with Crippen molar-refractivity contribution in [3.63, 3.8) is 0 Å². The summed E-state index contributed by atoms with van der Waals surface area (Å²) >= 11 is 1.21. The minimum absolute atomic E-state index is 0.370. The van der Waals surface area contributed by atoms with Gasteiger partial charge >= 0.3 is 5.97 Å². The van der Waals surface area contributed by atoms with E-state index in [-0.39, 0.29) is 0 Å². The first-order valence-electron chi connectivity index (χ1n) is 2.85. The highest BCUT2D eigenvalue weighted by molar-refractivity contribution is 7.12. The topological polar surface area (TPSA) is 58.6 Å². The number of anilines is 1. The van der Waals surface area contributed by atoms with Crippen molar-refractivity contribution in [2.45, 2.75) is 0 Å². The van der Waals surface area contributed by atoms with Gasteiger partial charge < -0.3 is 4.74 Å². The van der Waals surface area contributed by atoms with E-state index in [0.29, 0.717) is 10.6 Å². The zero-order valence-electron chi connectivity index (χ0n) is 5.83. The van der Waals surface area contributed by atoms with Crippen molar-refractivity contribution in [3.8, 4) is 0 Å². The Morgan fingerprint density at radius 2 is 2.55 bits per heavy atom. The highest BCUT2D eigenvalue weighted by Crippen LogP contribution is 2.21. The van der Waals surface area contributed by atoms with E-state index in [1.807, 2.05) is 5.48 Å². The van der Waals surface area contributed by atoms with Crippen LogP contribution < -0.4 is 5.48 Å². The van der Waals surface area contributed by atoms with Crippen molar-refractivity contribution in [1.82, 2.24) is 0 Å². The Balaban J connectivity index is 2.92. The SMILES string of the molecule is COC(=O)c1sccc1NO. The summed E-state index contributed by atoms with van der Waals surface area (Å²) in [5.74, 6) is -0.448. The van der Waals surface area contributed by atoms with Crippen LogP contribution in [0.3, 0.4) is 0 Å². The van der Waals surface area contributed by atoms with Crippen LogP contribution in [0.2, 0.25) is 0 Å². The average Bonchev–Trinajstić information content (AvgIpc) is 2.50. The zero-order chi connectivity index (χ0) is 8.27. The van der Waals surface area contributed by atoms with E-state index in [1.165, 1.54) is 18.4 Å². The van der Waals surface area contributed by atoms with Crippen LogP contribution in [0.15, 0.2) is 11.4 Å². The molecular formula is C6H7NO3S. The Morgan fingerprint density at radius 1 is 1.82 bits per heavy atom. The van der Waals surface area contributed by atoms with Gasteiger partial charge in [-0.2, -0.15) is 0 Å². The molecule has 1 aromatic heterocycles. The van der Waals surface area contributed by atoms with Crippen molar-refractivity contribution >= 4 is 23.0 Å². The Hall–Kier alpha value is -1.07. The Morgan fingerprint density at radius 3 is 3.09 bits per heavy atom. The molecular weight excluding hydrogens is 166 g/mol. The van der Waals surface area contributed by atoms with Crippen LogP contribution in [0, 0.1) is 0 Å². The first-order valence-corrected chi connectivity index (χ1v) is 3.73. The van der Waals surface area contributed by atoms with E-state index in [0.717, 1.165) is 0 Å². The summed E-state index contributed by atoms with van der Waals surface area (Å²) in [6, 6.07) is 1.59. The number of methoxy groups -OCH3 is 1. The second-order valence-corrected chi connectivity index (χ2v) is 2.68. The number of carbonyl (C=O) groups excluding carboxylic acids is 1. The smallest absolute Gasteiger partial charge is 0.350 e. The first kappa shape index (κ1) is 8.03. The lowest BCUT2D eigenvalue weighted by Gasteiger charge is -1.98. The summed E-state index contributed by atoms with van der Waals surface area (Å²) in [6.45, 7) is 0. The monoisotopic (exact) mass is 173 g/mol. The van der Waals surface area contributed by atoms with Gasteiger partial charge in [0.05, 0.1) is 12.8 Å².